The first kappa shape index (κ1) is 21.6. The first-order valence-corrected chi connectivity index (χ1v) is 10.7. The minimum atomic E-state index is -0.220. The van der Waals surface area contributed by atoms with Crippen molar-refractivity contribution < 1.29 is 13.9 Å². The second kappa shape index (κ2) is 10.1. The van der Waals surface area contributed by atoms with Crippen LogP contribution in [0.25, 0.3) is 11.0 Å². The van der Waals surface area contributed by atoms with Gasteiger partial charge >= 0.3 is 0 Å². The molecule has 0 saturated heterocycles. The molecule has 0 spiro atoms. The minimum Gasteiger partial charge on any atom is -0.497 e. The average Bonchev–Trinajstić information content (AvgIpc) is 3.16. The van der Waals surface area contributed by atoms with Gasteiger partial charge < -0.3 is 14.6 Å². The lowest BCUT2D eigenvalue weighted by Crippen LogP contribution is -2.26. The number of imidazole rings is 1. The highest BCUT2D eigenvalue weighted by atomic mass is 19.1. The molecule has 0 saturated carbocycles. The summed E-state index contributed by atoms with van der Waals surface area (Å²) in [5, 5.41) is 2.97. The van der Waals surface area contributed by atoms with Gasteiger partial charge in [0.1, 0.15) is 17.4 Å². The van der Waals surface area contributed by atoms with Crippen LogP contribution in [0.5, 0.6) is 5.75 Å². The summed E-state index contributed by atoms with van der Waals surface area (Å²) in [4.78, 5) is 17.0. The molecular formula is C26H26FN3O2. The van der Waals surface area contributed by atoms with Crippen LogP contribution in [0.1, 0.15) is 23.4 Å². The maximum Gasteiger partial charge on any atom is 0.224 e. The molecule has 1 aromatic heterocycles. The highest BCUT2D eigenvalue weighted by Crippen LogP contribution is 2.20. The Morgan fingerprint density at radius 2 is 1.78 bits per heavy atom. The third-order valence-electron chi connectivity index (χ3n) is 5.44. The van der Waals surface area contributed by atoms with Crippen molar-refractivity contribution in [3.05, 3.63) is 95.6 Å². The van der Waals surface area contributed by atoms with Crippen molar-refractivity contribution in [3.8, 4) is 5.75 Å². The fraction of sp³-hybridized carbons (Fsp3) is 0.231. The maximum atomic E-state index is 14.2. The molecule has 0 aliphatic carbocycles. The van der Waals surface area contributed by atoms with E-state index >= 15 is 0 Å². The molecule has 164 valence electrons. The van der Waals surface area contributed by atoms with Gasteiger partial charge in [-0.05, 0) is 42.3 Å². The number of hydrogen-bond acceptors (Lipinski definition) is 3. The van der Waals surface area contributed by atoms with E-state index in [1.54, 1.807) is 19.2 Å². The lowest BCUT2D eigenvalue weighted by molar-refractivity contribution is -0.120. The van der Waals surface area contributed by atoms with Crippen LogP contribution >= 0.6 is 0 Å². The van der Waals surface area contributed by atoms with Crippen LogP contribution in [0.2, 0.25) is 0 Å². The van der Waals surface area contributed by atoms with Gasteiger partial charge in [-0.3, -0.25) is 4.79 Å². The third-order valence-corrected chi connectivity index (χ3v) is 5.44. The van der Waals surface area contributed by atoms with E-state index < -0.39 is 0 Å². The van der Waals surface area contributed by atoms with Gasteiger partial charge in [0.2, 0.25) is 5.91 Å². The molecule has 1 N–H and O–H groups in total. The van der Waals surface area contributed by atoms with E-state index in [0.717, 1.165) is 34.6 Å². The number of aryl methyl sites for hydroxylation is 1. The second-order valence-electron chi connectivity index (χ2n) is 7.67. The van der Waals surface area contributed by atoms with Gasteiger partial charge in [0.25, 0.3) is 0 Å². The van der Waals surface area contributed by atoms with Gasteiger partial charge in [-0.15, -0.1) is 0 Å². The molecule has 1 heterocycles. The zero-order chi connectivity index (χ0) is 22.3. The highest BCUT2D eigenvalue weighted by molar-refractivity contribution is 5.78. The van der Waals surface area contributed by atoms with E-state index in [-0.39, 0.29) is 11.7 Å². The zero-order valence-corrected chi connectivity index (χ0v) is 18.1. The van der Waals surface area contributed by atoms with Gasteiger partial charge in [-0.1, -0.05) is 42.5 Å². The summed E-state index contributed by atoms with van der Waals surface area (Å²) in [5.41, 5.74) is 3.44. The lowest BCUT2D eigenvalue weighted by Gasteiger charge is -2.11. The summed E-state index contributed by atoms with van der Waals surface area (Å²) in [7, 11) is 1.62. The number of aromatic nitrogens is 2. The SMILES string of the molecule is COc1ccc(CC(=O)NCCCc2nc3ccccc3n2Cc2ccccc2F)cc1. The van der Waals surface area contributed by atoms with E-state index in [4.69, 9.17) is 9.72 Å². The summed E-state index contributed by atoms with van der Waals surface area (Å²) >= 11 is 0. The number of carbonyl (C=O) groups is 1. The number of halogens is 1. The Morgan fingerprint density at radius 3 is 2.56 bits per heavy atom. The van der Waals surface area contributed by atoms with Crippen LogP contribution in [0.15, 0.2) is 72.8 Å². The fourth-order valence-electron chi connectivity index (χ4n) is 3.76. The molecule has 4 rings (SSSR count). The number of carbonyl (C=O) groups excluding carboxylic acids is 1. The molecule has 0 radical (unpaired) electrons. The van der Waals surface area contributed by atoms with E-state index in [1.807, 2.05) is 54.6 Å². The van der Waals surface area contributed by atoms with Gasteiger partial charge in [-0.2, -0.15) is 0 Å². The summed E-state index contributed by atoms with van der Waals surface area (Å²) in [6, 6.07) is 22.2. The molecule has 6 heteroatoms. The van der Waals surface area contributed by atoms with Gasteiger partial charge in [0, 0.05) is 18.5 Å². The van der Waals surface area contributed by atoms with Crippen LogP contribution < -0.4 is 10.1 Å². The van der Waals surface area contributed by atoms with E-state index in [9.17, 15) is 9.18 Å². The monoisotopic (exact) mass is 431 g/mol. The van der Waals surface area contributed by atoms with Crippen molar-refractivity contribution in [2.45, 2.75) is 25.8 Å². The van der Waals surface area contributed by atoms with E-state index in [0.29, 0.717) is 31.5 Å². The average molecular weight is 432 g/mol. The summed E-state index contributed by atoms with van der Waals surface area (Å²) < 4.78 is 21.4. The van der Waals surface area contributed by atoms with Crippen LogP contribution in [0.3, 0.4) is 0 Å². The van der Waals surface area contributed by atoms with Crippen molar-refractivity contribution in [2.24, 2.45) is 0 Å². The number of amides is 1. The fourth-order valence-corrected chi connectivity index (χ4v) is 3.76. The van der Waals surface area contributed by atoms with E-state index in [2.05, 4.69) is 9.88 Å². The number of hydrogen-bond donors (Lipinski definition) is 1. The quantitative estimate of drug-likeness (QED) is 0.396. The van der Waals surface area contributed by atoms with Gasteiger partial charge in [0.15, 0.2) is 0 Å². The normalized spacial score (nSPS) is 10.9. The molecule has 1 amide bonds. The standard InChI is InChI=1S/C26H26FN3O2/c1-32-21-14-12-19(13-15-21)17-26(31)28-16-6-11-25-29-23-9-4-5-10-24(23)30(25)18-20-7-2-3-8-22(20)27/h2-5,7-10,12-15H,6,11,16-18H2,1H3,(H,28,31). The molecular weight excluding hydrogens is 405 g/mol. The largest absolute Gasteiger partial charge is 0.497 e. The van der Waals surface area contributed by atoms with Crippen molar-refractivity contribution in [2.75, 3.05) is 13.7 Å². The molecule has 0 aliphatic rings. The van der Waals surface area contributed by atoms with Crippen molar-refractivity contribution in [1.29, 1.82) is 0 Å². The zero-order valence-electron chi connectivity index (χ0n) is 18.1. The van der Waals surface area contributed by atoms with Crippen LogP contribution in [-0.2, 0) is 24.2 Å². The number of nitrogens with zero attached hydrogens (tertiary/aromatic N) is 2. The first-order chi connectivity index (χ1) is 15.6. The molecule has 0 aliphatic heterocycles. The molecule has 0 unspecified atom stereocenters. The topological polar surface area (TPSA) is 56.1 Å². The number of nitrogens with one attached hydrogen (secondary N) is 1. The van der Waals surface area contributed by atoms with Gasteiger partial charge in [0.05, 0.1) is 31.1 Å². The molecule has 32 heavy (non-hydrogen) atoms. The molecule has 0 atom stereocenters. The Morgan fingerprint density at radius 1 is 1.03 bits per heavy atom. The lowest BCUT2D eigenvalue weighted by atomic mass is 10.1. The summed E-state index contributed by atoms with van der Waals surface area (Å²) in [5.74, 6) is 1.42. The molecule has 4 aromatic rings. The van der Waals surface area contributed by atoms with Crippen LogP contribution in [-0.4, -0.2) is 29.1 Å². The highest BCUT2D eigenvalue weighted by Gasteiger charge is 2.13. The number of benzene rings is 3. The number of ether oxygens (including phenoxy) is 1. The Labute approximate surface area is 186 Å². The number of fused-ring (bicyclic) bond motifs is 1. The second-order valence-corrected chi connectivity index (χ2v) is 7.67. The molecule has 0 fully saturated rings. The summed E-state index contributed by atoms with van der Waals surface area (Å²) in [6.07, 6.45) is 1.76. The Bertz CT molecular complexity index is 1200. The van der Waals surface area contributed by atoms with Crippen molar-refractivity contribution >= 4 is 16.9 Å². The molecule has 3 aromatic carbocycles. The Kier molecular flexibility index (Phi) is 6.80. The van der Waals surface area contributed by atoms with E-state index in [1.165, 1.54) is 6.07 Å². The number of rotatable bonds is 9. The Balaban J connectivity index is 1.37. The van der Waals surface area contributed by atoms with Gasteiger partial charge in [-0.25, -0.2) is 9.37 Å². The maximum absolute atomic E-state index is 14.2. The molecule has 5 nitrogen and oxygen atoms in total. The van der Waals surface area contributed by atoms with Crippen molar-refractivity contribution in [3.63, 3.8) is 0 Å². The predicted octanol–water partition coefficient (Wildman–Crippen LogP) is 4.52. The van der Waals surface area contributed by atoms with Crippen LogP contribution in [0.4, 0.5) is 4.39 Å². The Hall–Kier alpha value is -3.67. The summed E-state index contributed by atoms with van der Waals surface area (Å²) in [6.45, 7) is 0.976. The minimum absolute atomic E-state index is 0.0185. The third kappa shape index (κ3) is 5.14. The predicted molar refractivity (Wildman–Crippen MR) is 123 cm³/mol. The smallest absolute Gasteiger partial charge is 0.224 e. The molecule has 0 bridgehead atoms. The van der Waals surface area contributed by atoms with Crippen LogP contribution in [0, 0.1) is 5.82 Å². The number of methoxy groups -OCH3 is 1. The van der Waals surface area contributed by atoms with Crippen molar-refractivity contribution in [1.82, 2.24) is 14.9 Å². The first-order valence-electron chi connectivity index (χ1n) is 10.7. The number of para-hydroxylation sites is 2.